The summed E-state index contributed by atoms with van der Waals surface area (Å²) in [7, 11) is 0. The van der Waals surface area contributed by atoms with E-state index in [2.05, 4.69) is 33.0 Å². The highest BCUT2D eigenvalue weighted by Gasteiger charge is 2.22. The summed E-state index contributed by atoms with van der Waals surface area (Å²) in [5.41, 5.74) is 5.73. The predicted molar refractivity (Wildman–Crippen MR) is 46.0 cm³/mol. The summed E-state index contributed by atoms with van der Waals surface area (Å²) < 4.78 is 0. The first-order valence-corrected chi connectivity index (χ1v) is 3.99. The van der Waals surface area contributed by atoms with Crippen molar-refractivity contribution in [1.82, 2.24) is 5.32 Å². The lowest BCUT2D eigenvalue weighted by Gasteiger charge is -2.31. The first-order valence-electron chi connectivity index (χ1n) is 3.99. The van der Waals surface area contributed by atoms with Crippen molar-refractivity contribution in [2.24, 2.45) is 11.7 Å². The van der Waals surface area contributed by atoms with E-state index < -0.39 is 0 Å². The summed E-state index contributed by atoms with van der Waals surface area (Å²) >= 11 is 0. The Labute approximate surface area is 64.2 Å². The second-order valence-corrected chi connectivity index (χ2v) is 3.39. The molecule has 1 unspecified atom stereocenters. The van der Waals surface area contributed by atoms with Gasteiger partial charge in [0.25, 0.3) is 0 Å². The van der Waals surface area contributed by atoms with Gasteiger partial charge in [-0.25, -0.2) is 0 Å². The Hall–Kier alpha value is -0.0800. The van der Waals surface area contributed by atoms with E-state index >= 15 is 0 Å². The molecule has 0 aliphatic heterocycles. The third-order valence-electron chi connectivity index (χ3n) is 2.22. The molecule has 0 heterocycles. The lowest BCUT2D eigenvalue weighted by atomic mass is 9.89. The topological polar surface area (TPSA) is 38.0 Å². The average Bonchev–Trinajstić information content (AvgIpc) is 1.86. The summed E-state index contributed by atoms with van der Waals surface area (Å²) in [5, 5.41) is 3.39. The number of nitrogens with two attached hydrogens (primary N) is 1. The lowest BCUT2D eigenvalue weighted by Crippen LogP contribution is -2.47. The van der Waals surface area contributed by atoms with Gasteiger partial charge in [-0.2, -0.15) is 0 Å². The maximum absolute atomic E-state index is 5.55. The van der Waals surface area contributed by atoms with Gasteiger partial charge in [0, 0.05) is 5.54 Å². The second-order valence-electron chi connectivity index (χ2n) is 3.39. The van der Waals surface area contributed by atoms with Crippen molar-refractivity contribution in [3.63, 3.8) is 0 Å². The molecule has 2 heteroatoms. The fourth-order valence-corrected chi connectivity index (χ4v) is 0.924. The first kappa shape index (κ1) is 9.92. The largest absolute Gasteiger partial charge is 0.330 e. The number of nitrogens with one attached hydrogen (secondary N) is 1. The van der Waals surface area contributed by atoms with Gasteiger partial charge in [0.05, 0.1) is 0 Å². The molecule has 0 spiro atoms. The zero-order chi connectivity index (χ0) is 8.20. The third kappa shape index (κ3) is 2.67. The Kier molecular flexibility index (Phi) is 3.91. The van der Waals surface area contributed by atoms with E-state index in [0.717, 1.165) is 13.1 Å². The maximum atomic E-state index is 5.55. The lowest BCUT2D eigenvalue weighted by molar-refractivity contribution is 0.281. The van der Waals surface area contributed by atoms with Crippen LogP contribution in [-0.2, 0) is 0 Å². The zero-order valence-electron chi connectivity index (χ0n) is 7.57. The van der Waals surface area contributed by atoms with Gasteiger partial charge in [-0.15, -0.1) is 0 Å². The molecule has 0 fully saturated rings. The van der Waals surface area contributed by atoms with Crippen molar-refractivity contribution in [2.75, 3.05) is 13.1 Å². The van der Waals surface area contributed by atoms with Crippen LogP contribution >= 0.6 is 0 Å². The molecule has 0 aromatic carbocycles. The van der Waals surface area contributed by atoms with Gasteiger partial charge < -0.3 is 11.1 Å². The van der Waals surface area contributed by atoms with Crippen LogP contribution in [0.3, 0.4) is 0 Å². The Morgan fingerprint density at radius 3 is 2.30 bits per heavy atom. The van der Waals surface area contributed by atoms with Crippen LogP contribution < -0.4 is 11.1 Å². The molecule has 0 aromatic heterocycles. The van der Waals surface area contributed by atoms with E-state index in [9.17, 15) is 0 Å². The number of hydrogen-bond donors (Lipinski definition) is 2. The van der Waals surface area contributed by atoms with Gasteiger partial charge >= 0.3 is 0 Å². The van der Waals surface area contributed by atoms with Crippen molar-refractivity contribution in [3.8, 4) is 0 Å². The molecule has 1 atom stereocenters. The molecule has 2 nitrogen and oxygen atoms in total. The van der Waals surface area contributed by atoms with Crippen molar-refractivity contribution in [3.05, 3.63) is 0 Å². The predicted octanol–water partition coefficient (Wildman–Crippen LogP) is 0.969. The van der Waals surface area contributed by atoms with Crippen molar-refractivity contribution in [1.29, 1.82) is 0 Å². The van der Waals surface area contributed by atoms with Crippen LogP contribution in [0.25, 0.3) is 0 Å². The van der Waals surface area contributed by atoms with Crippen LogP contribution in [0.15, 0.2) is 0 Å². The SMILES string of the molecule is CCNC(C)(C)C(C)CN. The Bertz CT molecular complexity index is 89.3. The standard InChI is InChI=1S/C8H20N2/c1-5-10-8(3,4)7(2)6-9/h7,10H,5-6,9H2,1-4H3. The third-order valence-corrected chi connectivity index (χ3v) is 2.22. The summed E-state index contributed by atoms with van der Waals surface area (Å²) in [6.45, 7) is 10.4. The highest BCUT2D eigenvalue weighted by Crippen LogP contribution is 2.13. The van der Waals surface area contributed by atoms with E-state index in [-0.39, 0.29) is 5.54 Å². The van der Waals surface area contributed by atoms with E-state index in [0.29, 0.717) is 5.92 Å². The minimum absolute atomic E-state index is 0.184. The molecule has 0 aromatic rings. The normalized spacial score (nSPS) is 15.3. The van der Waals surface area contributed by atoms with Crippen LogP contribution in [0.2, 0.25) is 0 Å². The molecule has 0 amide bonds. The van der Waals surface area contributed by atoms with Gasteiger partial charge in [-0.05, 0) is 32.9 Å². The van der Waals surface area contributed by atoms with Crippen molar-refractivity contribution >= 4 is 0 Å². The van der Waals surface area contributed by atoms with E-state index in [1.54, 1.807) is 0 Å². The molecule has 0 radical (unpaired) electrons. The monoisotopic (exact) mass is 144 g/mol. The van der Waals surface area contributed by atoms with E-state index in [1.807, 2.05) is 0 Å². The highest BCUT2D eigenvalue weighted by molar-refractivity contribution is 4.82. The summed E-state index contributed by atoms with van der Waals surface area (Å²) in [6, 6.07) is 0. The Morgan fingerprint density at radius 1 is 1.50 bits per heavy atom. The van der Waals surface area contributed by atoms with E-state index in [1.165, 1.54) is 0 Å². The maximum Gasteiger partial charge on any atom is 0.0162 e. The summed E-state index contributed by atoms with van der Waals surface area (Å²) in [5.74, 6) is 0.535. The molecule has 0 bridgehead atoms. The fraction of sp³-hybridized carbons (Fsp3) is 1.00. The molecule has 0 saturated heterocycles. The number of hydrogen-bond acceptors (Lipinski definition) is 2. The van der Waals surface area contributed by atoms with Gasteiger partial charge in [-0.3, -0.25) is 0 Å². The second kappa shape index (κ2) is 3.94. The van der Waals surface area contributed by atoms with Gasteiger partial charge in [-0.1, -0.05) is 13.8 Å². The molecule has 3 N–H and O–H groups in total. The molecule has 0 aliphatic rings. The van der Waals surface area contributed by atoms with Gasteiger partial charge in [0.15, 0.2) is 0 Å². The molecule has 0 saturated carbocycles. The van der Waals surface area contributed by atoms with Crippen molar-refractivity contribution < 1.29 is 0 Å². The Morgan fingerprint density at radius 2 is 2.00 bits per heavy atom. The summed E-state index contributed by atoms with van der Waals surface area (Å²) in [4.78, 5) is 0. The van der Waals surface area contributed by atoms with Crippen LogP contribution in [0.1, 0.15) is 27.7 Å². The minimum atomic E-state index is 0.184. The fourth-order valence-electron chi connectivity index (χ4n) is 0.924. The van der Waals surface area contributed by atoms with Gasteiger partial charge in [0.1, 0.15) is 0 Å². The molecule has 10 heavy (non-hydrogen) atoms. The molecule has 62 valence electrons. The highest BCUT2D eigenvalue weighted by atomic mass is 15.0. The summed E-state index contributed by atoms with van der Waals surface area (Å²) in [6.07, 6.45) is 0. The molecular weight excluding hydrogens is 124 g/mol. The van der Waals surface area contributed by atoms with Crippen LogP contribution in [0.5, 0.6) is 0 Å². The Balaban J connectivity index is 3.82. The zero-order valence-corrected chi connectivity index (χ0v) is 7.57. The van der Waals surface area contributed by atoms with E-state index in [4.69, 9.17) is 5.73 Å². The number of rotatable bonds is 4. The smallest absolute Gasteiger partial charge is 0.0162 e. The van der Waals surface area contributed by atoms with Crippen LogP contribution in [0, 0.1) is 5.92 Å². The van der Waals surface area contributed by atoms with Crippen LogP contribution in [0.4, 0.5) is 0 Å². The van der Waals surface area contributed by atoms with Gasteiger partial charge in [0.2, 0.25) is 0 Å². The first-order chi connectivity index (χ1) is 4.54. The van der Waals surface area contributed by atoms with Crippen molar-refractivity contribution in [2.45, 2.75) is 33.2 Å². The molecule has 0 rings (SSSR count). The van der Waals surface area contributed by atoms with Crippen LogP contribution in [-0.4, -0.2) is 18.6 Å². The quantitative estimate of drug-likeness (QED) is 0.617. The molecular formula is C8H20N2. The average molecular weight is 144 g/mol. The minimum Gasteiger partial charge on any atom is -0.330 e. The molecule has 0 aliphatic carbocycles.